The number of hydrogen-bond acceptors (Lipinski definition) is 2. The molecule has 1 aromatic carbocycles. The van der Waals surface area contributed by atoms with Crippen molar-refractivity contribution in [3.8, 4) is 5.75 Å². The number of nitrogens with one attached hydrogen (secondary N) is 1. The van der Waals surface area contributed by atoms with Crippen LogP contribution in [0.25, 0.3) is 10.9 Å². The van der Waals surface area contributed by atoms with E-state index in [0.29, 0.717) is 5.52 Å². The highest BCUT2D eigenvalue weighted by atomic mass is 19.1. The molecule has 0 amide bonds. The van der Waals surface area contributed by atoms with Crippen LogP contribution in [0.1, 0.15) is 5.56 Å². The van der Waals surface area contributed by atoms with Crippen molar-refractivity contribution in [2.45, 2.75) is 6.92 Å². The summed E-state index contributed by atoms with van der Waals surface area (Å²) in [6.07, 6.45) is 0. The summed E-state index contributed by atoms with van der Waals surface area (Å²) in [5.41, 5.74) is 0.943. The average Bonchev–Trinajstić information content (AvgIpc) is 2.17. The Hall–Kier alpha value is -1.84. The van der Waals surface area contributed by atoms with Crippen molar-refractivity contribution in [2.75, 3.05) is 7.11 Å². The molecule has 0 aliphatic heterocycles. The van der Waals surface area contributed by atoms with Crippen molar-refractivity contribution >= 4 is 10.9 Å². The highest BCUT2D eigenvalue weighted by Crippen LogP contribution is 2.27. The largest absolute Gasteiger partial charge is 0.492 e. The number of aromatic nitrogens is 1. The van der Waals surface area contributed by atoms with Gasteiger partial charge in [-0.05, 0) is 24.6 Å². The molecule has 3 nitrogen and oxygen atoms in total. The average molecular weight is 207 g/mol. The Morgan fingerprint density at radius 2 is 2.13 bits per heavy atom. The summed E-state index contributed by atoms with van der Waals surface area (Å²) < 4.78 is 18.3. The minimum atomic E-state index is -0.480. The maximum Gasteiger partial charge on any atom is 0.248 e. The van der Waals surface area contributed by atoms with Crippen LogP contribution in [0.2, 0.25) is 0 Å². The lowest BCUT2D eigenvalue weighted by atomic mass is 10.1. The van der Waals surface area contributed by atoms with Gasteiger partial charge >= 0.3 is 0 Å². The standard InChI is InChI=1S/C11H10FNO2/c1-6-5-9(14)13-10-7(6)3-4-8(12)11(10)15-2/h3-5H,1-2H3,(H,13,14). The van der Waals surface area contributed by atoms with Crippen LogP contribution in [0.3, 0.4) is 0 Å². The molecule has 15 heavy (non-hydrogen) atoms. The molecule has 4 heteroatoms. The summed E-state index contributed by atoms with van der Waals surface area (Å²) in [4.78, 5) is 13.8. The summed E-state index contributed by atoms with van der Waals surface area (Å²) in [6.45, 7) is 1.80. The van der Waals surface area contributed by atoms with E-state index in [0.717, 1.165) is 10.9 Å². The zero-order valence-electron chi connectivity index (χ0n) is 8.43. The first kappa shape index (κ1) is 9.71. The number of H-pyrrole nitrogens is 1. The Balaban J connectivity index is 2.97. The van der Waals surface area contributed by atoms with Crippen LogP contribution in [0, 0.1) is 12.7 Å². The SMILES string of the molecule is COc1c(F)ccc2c(C)cc(=O)[nH]c12. The third-order valence-electron chi connectivity index (χ3n) is 2.33. The Kier molecular flexibility index (Phi) is 2.19. The smallest absolute Gasteiger partial charge is 0.248 e. The lowest BCUT2D eigenvalue weighted by molar-refractivity contribution is 0.391. The number of benzene rings is 1. The molecule has 0 saturated carbocycles. The zero-order valence-corrected chi connectivity index (χ0v) is 8.43. The van der Waals surface area contributed by atoms with Crippen molar-refractivity contribution in [2.24, 2.45) is 0 Å². The van der Waals surface area contributed by atoms with Crippen LogP contribution in [0.5, 0.6) is 5.75 Å². The molecule has 0 atom stereocenters. The third kappa shape index (κ3) is 1.48. The Bertz CT molecular complexity index is 575. The molecule has 0 saturated heterocycles. The number of aromatic amines is 1. The first-order valence-electron chi connectivity index (χ1n) is 4.49. The molecule has 0 fully saturated rings. The minimum Gasteiger partial charge on any atom is -0.492 e. The van der Waals surface area contributed by atoms with E-state index in [1.165, 1.54) is 19.2 Å². The van der Waals surface area contributed by atoms with Gasteiger partial charge in [0.25, 0.3) is 0 Å². The van der Waals surface area contributed by atoms with Gasteiger partial charge in [-0.2, -0.15) is 0 Å². The van der Waals surface area contributed by atoms with Crippen molar-refractivity contribution in [1.82, 2.24) is 4.98 Å². The Morgan fingerprint density at radius 3 is 2.80 bits per heavy atom. The van der Waals surface area contributed by atoms with Gasteiger partial charge in [0.2, 0.25) is 5.56 Å². The van der Waals surface area contributed by atoms with Crippen LogP contribution in [-0.2, 0) is 0 Å². The van der Waals surface area contributed by atoms with Crippen molar-refractivity contribution in [3.63, 3.8) is 0 Å². The predicted molar refractivity (Wildman–Crippen MR) is 55.8 cm³/mol. The van der Waals surface area contributed by atoms with E-state index in [4.69, 9.17) is 4.74 Å². The fraction of sp³-hybridized carbons (Fsp3) is 0.182. The monoisotopic (exact) mass is 207 g/mol. The normalized spacial score (nSPS) is 10.6. The van der Waals surface area contributed by atoms with E-state index in [1.807, 2.05) is 0 Å². The summed E-state index contributed by atoms with van der Waals surface area (Å²) in [5.74, 6) is -0.403. The molecule has 0 radical (unpaired) electrons. The highest BCUT2D eigenvalue weighted by Gasteiger charge is 2.10. The Morgan fingerprint density at radius 1 is 1.40 bits per heavy atom. The Labute approximate surface area is 85.5 Å². The molecule has 1 aromatic heterocycles. The third-order valence-corrected chi connectivity index (χ3v) is 2.33. The van der Waals surface area contributed by atoms with Crippen LogP contribution in [0.4, 0.5) is 4.39 Å². The second-order valence-electron chi connectivity index (χ2n) is 3.32. The topological polar surface area (TPSA) is 42.1 Å². The van der Waals surface area contributed by atoms with Gasteiger partial charge in [-0.1, -0.05) is 0 Å². The predicted octanol–water partition coefficient (Wildman–Crippen LogP) is 1.98. The van der Waals surface area contributed by atoms with Crippen molar-refractivity contribution in [1.29, 1.82) is 0 Å². The molecular weight excluding hydrogens is 197 g/mol. The number of hydrogen-bond donors (Lipinski definition) is 1. The van der Waals surface area contributed by atoms with Crippen LogP contribution in [0.15, 0.2) is 23.0 Å². The lowest BCUT2D eigenvalue weighted by Crippen LogP contribution is -2.06. The van der Waals surface area contributed by atoms with Gasteiger partial charge in [-0.15, -0.1) is 0 Å². The van der Waals surface area contributed by atoms with Gasteiger partial charge < -0.3 is 9.72 Å². The molecule has 2 rings (SSSR count). The second kappa shape index (κ2) is 3.38. The number of aryl methyl sites for hydroxylation is 1. The van der Waals surface area contributed by atoms with Gasteiger partial charge in [0.15, 0.2) is 11.6 Å². The number of fused-ring (bicyclic) bond motifs is 1. The number of methoxy groups -OCH3 is 1. The highest BCUT2D eigenvalue weighted by molar-refractivity contribution is 5.87. The lowest BCUT2D eigenvalue weighted by Gasteiger charge is -2.07. The van der Waals surface area contributed by atoms with E-state index >= 15 is 0 Å². The molecule has 1 N–H and O–H groups in total. The van der Waals surface area contributed by atoms with E-state index in [9.17, 15) is 9.18 Å². The van der Waals surface area contributed by atoms with E-state index in [1.54, 1.807) is 13.0 Å². The van der Waals surface area contributed by atoms with Crippen LogP contribution >= 0.6 is 0 Å². The van der Waals surface area contributed by atoms with E-state index in [-0.39, 0.29) is 11.3 Å². The van der Waals surface area contributed by atoms with E-state index < -0.39 is 5.82 Å². The fourth-order valence-corrected chi connectivity index (χ4v) is 1.64. The van der Waals surface area contributed by atoms with Gasteiger partial charge in [0.1, 0.15) is 0 Å². The molecule has 1 heterocycles. The van der Waals surface area contributed by atoms with Crippen molar-refractivity contribution < 1.29 is 9.13 Å². The maximum atomic E-state index is 13.3. The summed E-state index contributed by atoms with van der Waals surface area (Å²) in [6, 6.07) is 4.42. The molecule has 0 aliphatic rings. The first-order chi connectivity index (χ1) is 7.13. The molecular formula is C11H10FNO2. The minimum absolute atomic E-state index is 0.0771. The molecule has 0 bridgehead atoms. The first-order valence-corrected chi connectivity index (χ1v) is 4.49. The van der Waals surface area contributed by atoms with Crippen LogP contribution in [-0.4, -0.2) is 12.1 Å². The second-order valence-corrected chi connectivity index (χ2v) is 3.32. The van der Waals surface area contributed by atoms with Gasteiger partial charge in [-0.25, -0.2) is 4.39 Å². The quantitative estimate of drug-likeness (QED) is 0.776. The van der Waals surface area contributed by atoms with Crippen molar-refractivity contribution in [3.05, 3.63) is 39.9 Å². The molecule has 78 valence electrons. The fourth-order valence-electron chi connectivity index (χ4n) is 1.64. The number of rotatable bonds is 1. The summed E-state index contributed by atoms with van der Waals surface area (Å²) >= 11 is 0. The number of pyridine rings is 1. The molecule has 0 spiro atoms. The molecule has 0 unspecified atom stereocenters. The van der Waals surface area contributed by atoms with E-state index in [2.05, 4.69) is 4.98 Å². The maximum absolute atomic E-state index is 13.3. The summed E-state index contributed by atoms with van der Waals surface area (Å²) in [5, 5.41) is 0.785. The summed E-state index contributed by atoms with van der Waals surface area (Å²) in [7, 11) is 1.37. The van der Waals surface area contributed by atoms with Gasteiger partial charge in [-0.3, -0.25) is 4.79 Å². The zero-order chi connectivity index (χ0) is 11.0. The number of halogens is 1. The molecule has 0 aliphatic carbocycles. The van der Waals surface area contributed by atoms with Crippen LogP contribution < -0.4 is 10.3 Å². The number of ether oxygens (including phenoxy) is 1. The van der Waals surface area contributed by atoms with Gasteiger partial charge in [0, 0.05) is 11.5 Å². The van der Waals surface area contributed by atoms with Gasteiger partial charge in [0.05, 0.1) is 12.6 Å². The molecule has 2 aromatic rings.